The van der Waals surface area contributed by atoms with Crippen LogP contribution in [0.2, 0.25) is 0 Å². The number of hydrogen-bond acceptors (Lipinski definition) is 4. The average molecular weight is 299 g/mol. The Morgan fingerprint density at radius 3 is 2.43 bits per heavy atom. The summed E-state index contributed by atoms with van der Waals surface area (Å²) in [7, 11) is 0. The van der Waals surface area contributed by atoms with Crippen molar-refractivity contribution in [1.82, 2.24) is 10.2 Å². The van der Waals surface area contributed by atoms with E-state index in [9.17, 15) is 23.7 Å². The van der Waals surface area contributed by atoms with E-state index in [2.05, 4.69) is 5.32 Å². The lowest BCUT2D eigenvalue weighted by Gasteiger charge is -2.39. The summed E-state index contributed by atoms with van der Waals surface area (Å²) in [5.74, 6) is -3.39. The first kappa shape index (κ1) is 15.3. The van der Waals surface area contributed by atoms with Gasteiger partial charge in [0, 0.05) is 31.2 Å². The lowest BCUT2D eigenvalue weighted by molar-refractivity contribution is -0.387. The van der Waals surface area contributed by atoms with E-state index in [1.807, 2.05) is 0 Å². The van der Waals surface area contributed by atoms with Crippen LogP contribution in [0, 0.1) is 21.7 Å². The number of piperazine rings is 1. The number of halogens is 2. The Morgan fingerprint density at radius 1 is 1.33 bits per heavy atom. The molecule has 1 heterocycles. The second-order valence-electron chi connectivity index (χ2n) is 5.08. The molecule has 1 fully saturated rings. The molecule has 1 N–H and O–H groups in total. The van der Waals surface area contributed by atoms with Gasteiger partial charge in [-0.1, -0.05) is 0 Å². The fourth-order valence-corrected chi connectivity index (χ4v) is 2.54. The molecule has 1 aliphatic rings. The lowest BCUT2D eigenvalue weighted by atomic mass is 10.1. The van der Waals surface area contributed by atoms with Crippen LogP contribution < -0.4 is 5.32 Å². The number of carbonyl (C=O) groups excluding carboxylic acids is 1. The molecule has 0 saturated carbocycles. The molecule has 2 atom stereocenters. The molecular weight excluding hydrogens is 284 g/mol. The molecule has 0 radical (unpaired) electrons. The zero-order valence-electron chi connectivity index (χ0n) is 11.6. The molecule has 0 aliphatic carbocycles. The van der Waals surface area contributed by atoms with E-state index >= 15 is 0 Å². The first-order chi connectivity index (χ1) is 9.84. The van der Waals surface area contributed by atoms with Crippen LogP contribution in [0.5, 0.6) is 0 Å². The van der Waals surface area contributed by atoms with E-state index in [0.29, 0.717) is 19.2 Å². The first-order valence-corrected chi connectivity index (χ1v) is 6.50. The molecule has 1 amide bonds. The molecule has 2 unspecified atom stereocenters. The molecule has 114 valence electrons. The Bertz CT molecular complexity index is 584. The Labute approximate surface area is 119 Å². The maximum atomic E-state index is 14.1. The topological polar surface area (TPSA) is 75.5 Å². The van der Waals surface area contributed by atoms with E-state index in [4.69, 9.17) is 0 Å². The number of amides is 1. The predicted molar refractivity (Wildman–Crippen MR) is 71.0 cm³/mol. The van der Waals surface area contributed by atoms with Gasteiger partial charge in [-0.25, -0.2) is 4.39 Å². The maximum absolute atomic E-state index is 14.1. The number of nitrogens with zero attached hydrogens (tertiary/aromatic N) is 2. The van der Waals surface area contributed by atoms with Crippen molar-refractivity contribution >= 4 is 11.6 Å². The Kier molecular flexibility index (Phi) is 4.17. The van der Waals surface area contributed by atoms with Crippen LogP contribution in [0.3, 0.4) is 0 Å². The van der Waals surface area contributed by atoms with Crippen LogP contribution in [-0.4, -0.2) is 40.9 Å². The number of hydrogen-bond donors (Lipinski definition) is 1. The Morgan fingerprint density at radius 2 is 1.90 bits per heavy atom. The third-order valence-electron chi connectivity index (χ3n) is 3.55. The highest BCUT2D eigenvalue weighted by Crippen LogP contribution is 2.26. The van der Waals surface area contributed by atoms with Crippen molar-refractivity contribution in [2.24, 2.45) is 0 Å². The highest BCUT2D eigenvalue weighted by Gasteiger charge is 2.35. The van der Waals surface area contributed by atoms with Gasteiger partial charge >= 0.3 is 5.69 Å². The molecular formula is C13H15F2N3O3. The summed E-state index contributed by atoms with van der Waals surface area (Å²) in [6, 6.07) is 0.927. The number of carbonyl (C=O) groups is 1. The van der Waals surface area contributed by atoms with Crippen molar-refractivity contribution in [3.8, 4) is 0 Å². The number of benzene rings is 1. The fourth-order valence-electron chi connectivity index (χ4n) is 2.54. The van der Waals surface area contributed by atoms with E-state index in [1.54, 1.807) is 13.8 Å². The van der Waals surface area contributed by atoms with Gasteiger partial charge in [0.05, 0.1) is 4.92 Å². The average Bonchev–Trinajstić information content (AvgIpc) is 2.38. The van der Waals surface area contributed by atoms with Gasteiger partial charge in [0.25, 0.3) is 5.91 Å². The summed E-state index contributed by atoms with van der Waals surface area (Å²) >= 11 is 0. The third-order valence-corrected chi connectivity index (χ3v) is 3.55. The number of nitro groups is 1. The largest absolute Gasteiger partial charge is 0.330 e. The molecule has 21 heavy (non-hydrogen) atoms. The van der Waals surface area contributed by atoms with Crippen LogP contribution in [0.1, 0.15) is 24.2 Å². The standard InChI is InChI=1S/C13H15F2N3O3/c1-7-5-16-6-8(2)17(7)13(19)11-9(14)3-4-10(12(11)15)18(20)21/h3-4,7-8,16H,5-6H2,1-2H3. The second-order valence-corrected chi connectivity index (χ2v) is 5.08. The zero-order chi connectivity index (χ0) is 15.7. The summed E-state index contributed by atoms with van der Waals surface area (Å²) in [5.41, 5.74) is -1.78. The maximum Gasteiger partial charge on any atom is 0.305 e. The third kappa shape index (κ3) is 2.71. The van der Waals surface area contributed by atoms with Gasteiger partial charge in [-0.2, -0.15) is 4.39 Å². The van der Waals surface area contributed by atoms with Gasteiger partial charge in [0.1, 0.15) is 11.4 Å². The van der Waals surface area contributed by atoms with Gasteiger partial charge in [0.2, 0.25) is 5.82 Å². The molecule has 1 aromatic carbocycles. The molecule has 1 saturated heterocycles. The van der Waals surface area contributed by atoms with Crippen molar-refractivity contribution in [1.29, 1.82) is 0 Å². The molecule has 2 rings (SSSR count). The van der Waals surface area contributed by atoms with Gasteiger partial charge in [-0.05, 0) is 19.9 Å². The van der Waals surface area contributed by atoms with Crippen LogP contribution >= 0.6 is 0 Å². The van der Waals surface area contributed by atoms with Crippen molar-refractivity contribution < 1.29 is 18.5 Å². The van der Waals surface area contributed by atoms with Gasteiger partial charge < -0.3 is 10.2 Å². The predicted octanol–water partition coefficient (Wildman–Crippen LogP) is 1.70. The van der Waals surface area contributed by atoms with Gasteiger partial charge in [-0.3, -0.25) is 14.9 Å². The van der Waals surface area contributed by atoms with E-state index in [-0.39, 0.29) is 12.1 Å². The van der Waals surface area contributed by atoms with Crippen molar-refractivity contribution in [2.45, 2.75) is 25.9 Å². The molecule has 0 bridgehead atoms. The van der Waals surface area contributed by atoms with Crippen LogP contribution in [0.25, 0.3) is 0 Å². The minimum absolute atomic E-state index is 0.265. The minimum atomic E-state index is -1.43. The zero-order valence-corrected chi connectivity index (χ0v) is 11.6. The molecule has 8 heteroatoms. The fraction of sp³-hybridized carbons (Fsp3) is 0.462. The van der Waals surface area contributed by atoms with Crippen molar-refractivity contribution in [3.05, 3.63) is 39.4 Å². The van der Waals surface area contributed by atoms with Crippen LogP contribution in [-0.2, 0) is 0 Å². The van der Waals surface area contributed by atoms with Crippen molar-refractivity contribution in [3.63, 3.8) is 0 Å². The quantitative estimate of drug-likeness (QED) is 0.666. The molecule has 1 aromatic rings. The lowest BCUT2D eigenvalue weighted by Crippen LogP contribution is -2.57. The molecule has 0 aromatic heterocycles. The van der Waals surface area contributed by atoms with Crippen molar-refractivity contribution in [2.75, 3.05) is 13.1 Å². The van der Waals surface area contributed by atoms with Gasteiger partial charge in [0.15, 0.2) is 0 Å². The van der Waals surface area contributed by atoms with Gasteiger partial charge in [-0.15, -0.1) is 0 Å². The van der Waals surface area contributed by atoms with E-state index in [0.717, 1.165) is 6.07 Å². The number of nitrogens with one attached hydrogen (secondary N) is 1. The second kappa shape index (κ2) is 5.72. The monoisotopic (exact) mass is 299 g/mol. The van der Waals surface area contributed by atoms with E-state index < -0.39 is 33.7 Å². The Hall–Kier alpha value is -2.09. The minimum Gasteiger partial charge on any atom is -0.330 e. The summed E-state index contributed by atoms with van der Waals surface area (Å²) in [6.45, 7) is 4.48. The summed E-state index contributed by atoms with van der Waals surface area (Å²) in [4.78, 5) is 23.5. The number of nitro benzene ring substituents is 1. The molecule has 0 spiro atoms. The molecule has 1 aliphatic heterocycles. The Balaban J connectivity index is 2.47. The molecule has 6 nitrogen and oxygen atoms in total. The first-order valence-electron chi connectivity index (χ1n) is 6.50. The summed E-state index contributed by atoms with van der Waals surface area (Å²) in [5, 5.41) is 13.8. The smallest absolute Gasteiger partial charge is 0.305 e. The summed E-state index contributed by atoms with van der Waals surface area (Å²) < 4.78 is 27.9. The van der Waals surface area contributed by atoms with E-state index in [1.165, 1.54) is 4.90 Å². The highest BCUT2D eigenvalue weighted by molar-refractivity contribution is 5.96. The SMILES string of the molecule is CC1CNCC(C)N1C(=O)c1c(F)ccc([N+](=O)[O-])c1F. The van der Waals surface area contributed by atoms with Crippen LogP contribution in [0.4, 0.5) is 14.5 Å². The summed E-state index contributed by atoms with van der Waals surface area (Å²) in [6.07, 6.45) is 0. The normalized spacial score (nSPS) is 22.2. The van der Waals surface area contributed by atoms with Crippen LogP contribution in [0.15, 0.2) is 12.1 Å². The highest BCUT2D eigenvalue weighted by atomic mass is 19.1. The number of rotatable bonds is 2.